The highest BCUT2D eigenvalue weighted by atomic mass is 16.5. The van der Waals surface area contributed by atoms with Gasteiger partial charge in [-0.3, -0.25) is 9.78 Å². The summed E-state index contributed by atoms with van der Waals surface area (Å²) < 4.78 is 5.61. The summed E-state index contributed by atoms with van der Waals surface area (Å²) in [5, 5.41) is 3.28. The number of carbonyl (C=O) groups excluding carboxylic acids is 1. The third kappa shape index (κ3) is 3.62. The van der Waals surface area contributed by atoms with Gasteiger partial charge in [0, 0.05) is 19.3 Å². The van der Waals surface area contributed by atoms with Gasteiger partial charge in [0.2, 0.25) is 0 Å². The number of hydrogen-bond donors (Lipinski definition) is 1. The van der Waals surface area contributed by atoms with E-state index in [0.29, 0.717) is 12.2 Å². The van der Waals surface area contributed by atoms with Gasteiger partial charge < -0.3 is 15.0 Å². The van der Waals surface area contributed by atoms with E-state index in [-0.39, 0.29) is 5.91 Å². The van der Waals surface area contributed by atoms with Crippen molar-refractivity contribution < 1.29 is 9.53 Å². The highest BCUT2D eigenvalue weighted by Crippen LogP contribution is 2.27. The molecule has 0 aliphatic carbocycles. The Morgan fingerprint density at radius 2 is 2.04 bits per heavy atom. The van der Waals surface area contributed by atoms with E-state index >= 15 is 0 Å². The van der Waals surface area contributed by atoms with E-state index in [1.807, 2.05) is 42.2 Å². The number of likely N-dealkylation sites (tertiary alicyclic amines) is 1. The maximum absolute atomic E-state index is 12.5. The lowest BCUT2D eigenvalue weighted by Crippen LogP contribution is -2.27. The van der Waals surface area contributed by atoms with Crippen molar-refractivity contribution >= 4 is 17.3 Å². The number of benzene rings is 1. The number of aromatic nitrogens is 1. The van der Waals surface area contributed by atoms with Crippen LogP contribution in [0.1, 0.15) is 30.1 Å². The number of rotatable bonds is 5. The van der Waals surface area contributed by atoms with Gasteiger partial charge in [0.15, 0.2) is 0 Å². The van der Waals surface area contributed by atoms with Gasteiger partial charge >= 0.3 is 0 Å². The average Bonchev–Trinajstić information content (AvgIpc) is 3.11. The fourth-order valence-electron chi connectivity index (χ4n) is 2.73. The molecule has 23 heavy (non-hydrogen) atoms. The second-order valence-corrected chi connectivity index (χ2v) is 5.52. The van der Waals surface area contributed by atoms with Crippen molar-refractivity contribution in [2.75, 3.05) is 25.0 Å². The Bertz CT molecular complexity index is 681. The van der Waals surface area contributed by atoms with E-state index in [1.54, 1.807) is 12.4 Å². The first kappa shape index (κ1) is 15.3. The van der Waals surface area contributed by atoms with Crippen molar-refractivity contribution in [3.8, 4) is 5.75 Å². The molecule has 1 fully saturated rings. The number of nitrogens with zero attached hydrogens (tertiary/aromatic N) is 2. The SMILES string of the molecule is CCOc1ccccc1Nc1cncc(C(=O)N2CCCC2)c1. The van der Waals surface area contributed by atoms with Crippen LogP contribution in [-0.2, 0) is 0 Å². The maximum Gasteiger partial charge on any atom is 0.255 e. The molecule has 0 unspecified atom stereocenters. The molecule has 0 bridgehead atoms. The van der Waals surface area contributed by atoms with Gasteiger partial charge in [0.1, 0.15) is 5.75 Å². The van der Waals surface area contributed by atoms with Crippen LogP contribution in [0.3, 0.4) is 0 Å². The van der Waals surface area contributed by atoms with Gasteiger partial charge in [-0.25, -0.2) is 0 Å². The quantitative estimate of drug-likeness (QED) is 0.919. The number of anilines is 2. The summed E-state index contributed by atoms with van der Waals surface area (Å²) in [7, 11) is 0. The largest absolute Gasteiger partial charge is 0.492 e. The molecule has 1 N–H and O–H groups in total. The molecule has 1 aromatic carbocycles. The minimum atomic E-state index is 0.0525. The van der Waals surface area contributed by atoms with E-state index in [1.165, 1.54) is 0 Å². The van der Waals surface area contributed by atoms with Gasteiger partial charge in [0.05, 0.1) is 29.7 Å². The Labute approximate surface area is 136 Å². The standard InChI is InChI=1S/C18H21N3O2/c1-2-23-17-8-4-3-7-16(17)20-15-11-14(12-19-13-15)18(22)21-9-5-6-10-21/h3-4,7-8,11-13,20H,2,5-6,9-10H2,1H3. The molecule has 0 radical (unpaired) electrons. The Kier molecular flexibility index (Phi) is 4.76. The zero-order chi connectivity index (χ0) is 16.1. The van der Waals surface area contributed by atoms with Crippen LogP contribution in [0.25, 0.3) is 0 Å². The summed E-state index contributed by atoms with van der Waals surface area (Å²) in [6.07, 6.45) is 5.50. The number of hydrogen-bond acceptors (Lipinski definition) is 4. The second-order valence-electron chi connectivity index (χ2n) is 5.52. The monoisotopic (exact) mass is 311 g/mol. The Morgan fingerprint density at radius 3 is 2.83 bits per heavy atom. The fraction of sp³-hybridized carbons (Fsp3) is 0.333. The number of para-hydroxylation sites is 2. The van der Waals surface area contributed by atoms with Gasteiger partial charge in [-0.2, -0.15) is 0 Å². The minimum Gasteiger partial charge on any atom is -0.492 e. The van der Waals surface area contributed by atoms with Crippen molar-refractivity contribution in [2.24, 2.45) is 0 Å². The van der Waals surface area contributed by atoms with E-state index in [4.69, 9.17) is 4.74 Å². The van der Waals surface area contributed by atoms with E-state index in [9.17, 15) is 4.79 Å². The third-order valence-electron chi connectivity index (χ3n) is 3.84. The Hall–Kier alpha value is -2.56. The number of ether oxygens (including phenoxy) is 1. The predicted molar refractivity (Wildman–Crippen MR) is 90.3 cm³/mol. The van der Waals surface area contributed by atoms with Crippen LogP contribution in [0, 0.1) is 0 Å². The van der Waals surface area contributed by atoms with Crippen LogP contribution in [-0.4, -0.2) is 35.5 Å². The molecular weight excluding hydrogens is 290 g/mol. The van der Waals surface area contributed by atoms with Crippen LogP contribution in [0.15, 0.2) is 42.7 Å². The average molecular weight is 311 g/mol. The van der Waals surface area contributed by atoms with E-state index in [2.05, 4.69) is 10.3 Å². The highest BCUT2D eigenvalue weighted by Gasteiger charge is 2.20. The lowest BCUT2D eigenvalue weighted by atomic mass is 10.2. The summed E-state index contributed by atoms with van der Waals surface area (Å²) in [5.74, 6) is 0.836. The van der Waals surface area contributed by atoms with Crippen molar-refractivity contribution in [1.82, 2.24) is 9.88 Å². The van der Waals surface area contributed by atoms with Crippen LogP contribution >= 0.6 is 0 Å². The maximum atomic E-state index is 12.5. The molecule has 1 aliphatic heterocycles. The molecule has 5 nitrogen and oxygen atoms in total. The second kappa shape index (κ2) is 7.13. The van der Waals surface area contributed by atoms with Gasteiger partial charge in [-0.05, 0) is 38.0 Å². The molecule has 3 rings (SSSR count). The topological polar surface area (TPSA) is 54.5 Å². The molecule has 2 heterocycles. The number of pyridine rings is 1. The first-order valence-corrected chi connectivity index (χ1v) is 8.01. The lowest BCUT2D eigenvalue weighted by Gasteiger charge is -2.16. The minimum absolute atomic E-state index is 0.0525. The van der Waals surface area contributed by atoms with Gasteiger partial charge in [-0.1, -0.05) is 12.1 Å². The molecule has 0 saturated carbocycles. The van der Waals surface area contributed by atoms with Crippen LogP contribution in [0.4, 0.5) is 11.4 Å². The summed E-state index contributed by atoms with van der Waals surface area (Å²) >= 11 is 0. The summed E-state index contributed by atoms with van der Waals surface area (Å²) in [5.41, 5.74) is 2.26. The van der Waals surface area contributed by atoms with Crippen LogP contribution in [0.5, 0.6) is 5.75 Å². The van der Waals surface area contributed by atoms with Crippen LogP contribution < -0.4 is 10.1 Å². The smallest absolute Gasteiger partial charge is 0.255 e. The van der Waals surface area contributed by atoms with E-state index in [0.717, 1.165) is 43.1 Å². The number of nitrogens with one attached hydrogen (secondary N) is 1. The zero-order valence-electron chi connectivity index (χ0n) is 13.3. The highest BCUT2D eigenvalue weighted by molar-refractivity contribution is 5.95. The van der Waals surface area contributed by atoms with Crippen molar-refractivity contribution in [3.63, 3.8) is 0 Å². The first-order chi connectivity index (χ1) is 11.3. The summed E-state index contributed by atoms with van der Waals surface area (Å²) in [6.45, 7) is 4.23. The molecule has 0 spiro atoms. The van der Waals surface area contributed by atoms with Crippen LogP contribution in [0.2, 0.25) is 0 Å². The lowest BCUT2D eigenvalue weighted by molar-refractivity contribution is 0.0792. The third-order valence-corrected chi connectivity index (χ3v) is 3.84. The zero-order valence-corrected chi connectivity index (χ0v) is 13.3. The van der Waals surface area contributed by atoms with E-state index < -0.39 is 0 Å². The molecule has 2 aromatic rings. The molecule has 1 saturated heterocycles. The molecule has 1 aromatic heterocycles. The molecule has 1 aliphatic rings. The molecule has 0 atom stereocenters. The van der Waals surface area contributed by atoms with Gasteiger partial charge in [-0.15, -0.1) is 0 Å². The Balaban J connectivity index is 1.79. The fourth-order valence-corrected chi connectivity index (χ4v) is 2.73. The molecular formula is C18H21N3O2. The van der Waals surface area contributed by atoms with Crippen molar-refractivity contribution in [2.45, 2.75) is 19.8 Å². The predicted octanol–water partition coefficient (Wildman–Crippen LogP) is 3.46. The molecule has 1 amide bonds. The first-order valence-electron chi connectivity index (χ1n) is 8.01. The van der Waals surface area contributed by atoms with Crippen molar-refractivity contribution in [1.29, 1.82) is 0 Å². The summed E-state index contributed by atoms with van der Waals surface area (Å²) in [6, 6.07) is 9.58. The number of carbonyl (C=O) groups is 1. The number of amides is 1. The Morgan fingerprint density at radius 1 is 1.26 bits per heavy atom. The summed E-state index contributed by atoms with van der Waals surface area (Å²) in [4.78, 5) is 18.5. The van der Waals surface area contributed by atoms with Crippen molar-refractivity contribution in [3.05, 3.63) is 48.3 Å². The normalized spacial score (nSPS) is 13.9. The van der Waals surface area contributed by atoms with Gasteiger partial charge in [0.25, 0.3) is 5.91 Å². The molecule has 120 valence electrons. The molecule has 5 heteroatoms.